The van der Waals surface area contributed by atoms with Crippen LogP contribution in [0.5, 0.6) is 0 Å². The van der Waals surface area contributed by atoms with Crippen molar-refractivity contribution in [1.29, 1.82) is 0 Å². The molecule has 0 fully saturated rings. The smallest absolute Gasteiger partial charge is 0.340 e. The van der Waals surface area contributed by atoms with E-state index in [1.807, 2.05) is 0 Å². The van der Waals surface area contributed by atoms with Gasteiger partial charge in [0.1, 0.15) is 11.5 Å². The lowest BCUT2D eigenvalue weighted by Gasteiger charge is -2.05. The van der Waals surface area contributed by atoms with Crippen LogP contribution < -0.4 is 0 Å². The van der Waals surface area contributed by atoms with Gasteiger partial charge in [0.15, 0.2) is 0 Å². The summed E-state index contributed by atoms with van der Waals surface area (Å²) in [4.78, 5) is 27.7. The minimum atomic E-state index is -0.640. The number of aromatic nitrogens is 1. The van der Waals surface area contributed by atoms with E-state index in [2.05, 4.69) is 9.72 Å². The number of nitrogens with zero attached hydrogens (tertiary/aromatic N) is 1. The first-order valence-corrected chi connectivity index (χ1v) is 5.47. The minimum absolute atomic E-state index is 0.0130. The number of esters is 1. The highest BCUT2D eigenvalue weighted by atomic mass is 19.1. The Morgan fingerprint density at radius 2 is 1.84 bits per heavy atom. The normalized spacial score (nSPS) is 10.0. The Bertz CT molecular complexity index is 623. The average Bonchev–Trinajstić information content (AvgIpc) is 2.46. The molecule has 0 N–H and O–H groups in total. The van der Waals surface area contributed by atoms with Crippen LogP contribution in [0.2, 0.25) is 0 Å². The third-order valence-electron chi connectivity index (χ3n) is 2.53. The van der Waals surface area contributed by atoms with Gasteiger partial charge < -0.3 is 4.74 Å². The molecule has 0 radical (unpaired) electrons. The van der Waals surface area contributed by atoms with Crippen molar-refractivity contribution in [2.45, 2.75) is 0 Å². The summed E-state index contributed by atoms with van der Waals surface area (Å²) in [7, 11) is 1.22. The molecule has 5 heteroatoms. The van der Waals surface area contributed by atoms with Gasteiger partial charge in [-0.05, 0) is 36.4 Å². The summed E-state index contributed by atoms with van der Waals surface area (Å²) >= 11 is 0. The van der Waals surface area contributed by atoms with Gasteiger partial charge in [-0.25, -0.2) is 9.18 Å². The Balaban J connectivity index is 2.44. The number of ether oxygens (including phenoxy) is 1. The summed E-state index contributed by atoms with van der Waals surface area (Å²) in [6, 6.07) is 8.02. The maximum absolute atomic E-state index is 12.8. The molecule has 1 heterocycles. The third-order valence-corrected chi connectivity index (χ3v) is 2.53. The highest BCUT2D eigenvalue weighted by molar-refractivity contribution is 6.13. The van der Waals surface area contributed by atoms with E-state index in [9.17, 15) is 14.0 Å². The lowest BCUT2D eigenvalue weighted by atomic mass is 10.0. The van der Waals surface area contributed by atoms with Crippen molar-refractivity contribution < 1.29 is 18.7 Å². The summed E-state index contributed by atoms with van der Waals surface area (Å²) in [5.74, 6) is -1.54. The summed E-state index contributed by atoms with van der Waals surface area (Å²) in [5, 5.41) is 0. The van der Waals surface area contributed by atoms with Crippen molar-refractivity contribution in [2.75, 3.05) is 7.11 Å². The minimum Gasteiger partial charge on any atom is -0.465 e. The molecule has 0 aliphatic rings. The molecule has 1 aromatic heterocycles. The van der Waals surface area contributed by atoms with E-state index >= 15 is 0 Å². The summed E-state index contributed by atoms with van der Waals surface area (Å²) in [5.41, 5.74) is 0.325. The van der Waals surface area contributed by atoms with Crippen LogP contribution in [0.25, 0.3) is 0 Å². The van der Waals surface area contributed by atoms with E-state index in [1.54, 1.807) is 0 Å². The summed E-state index contributed by atoms with van der Waals surface area (Å²) in [6.07, 6.45) is 1.41. The zero-order valence-electron chi connectivity index (χ0n) is 10.1. The first-order valence-electron chi connectivity index (χ1n) is 5.47. The van der Waals surface area contributed by atoms with Crippen LogP contribution in [-0.4, -0.2) is 23.8 Å². The van der Waals surface area contributed by atoms with E-state index in [1.165, 1.54) is 49.7 Å². The first kappa shape index (κ1) is 12.9. The Morgan fingerprint density at radius 3 is 2.47 bits per heavy atom. The number of benzene rings is 1. The van der Waals surface area contributed by atoms with Crippen LogP contribution in [0, 0.1) is 5.82 Å². The van der Waals surface area contributed by atoms with Crippen molar-refractivity contribution in [1.82, 2.24) is 4.98 Å². The summed E-state index contributed by atoms with van der Waals surface area (Å²) < 4.78 is 17.4. The molecular formula is C14H10FNO3. The molecule has 0 atom stereocenters. The molecule has 4 nitrogen and oxygen atoms in total. The standard InChI is InChI=1S/C14H10FNO3/c1-19-14(18)11-3-2-8-16-12(11)13(17)9-4-6-10(15)7-5-9/h2-8H,1H3. The molecule has 96 valence electrons. The highest BCUT2D eigenvalue weighted by Crippen LogP contribution is 2.13. The van der Waals surface area contributed by atoms with E-state index < -0.39 is 17.6 Å². The van der Waals surface area contributed by atoms with Crippen LogP contribution in [0.15, 0.2) is 42.6 Å². The second kappa shape index (κ2) is 5.39. The first-order chi connectivity index (χ1) is 9.13. The van der Waals surface area contributed by atoms with Crippen molar-refractivity contribution in [3.8, 4) is 0 Å². The Morgan fingerprint density at radius 1 is 1.16 bits per heavy atom. The van der Waals surface area contributed by atoms with Crippen LogP contribution >= 0.6 is 0 Å². The van der Waals surface area contributed by atoms with Gasteiger partial charge >= 0.3 is 5.97 Å². The molecule has 1 aromatic carbocycles. The molecule has 0 bridgehead atoms. The topological polar surface area (TPSA) is 56.3 Å². The van der Waals surface area contributed by atoms with Gasteiger partial charge in [-0.3, -0.25) is 9.78 Å². The largest absolute Gasteiger partial charge is 0.465 e. The van der Waals surface area contributed by atoms with E-state index in [-0.39, 0.29) is 16.8 Å². The zero-order chi connectivity index (χ0) is 13.8. The van der Waals surface area contributed by atoms with Gasteiger partial charge in [0.25, 0.3) is 0 Å². The molecule has 19 heavy (non-hydrogen) atoms. The average molecular weight is 259 g/mol. The number of hydrogen-bond donors (Lipinski definition) is 0. The second-order valence-corrected chi connectivity index (χ2v) is 3.73. The number of pyridine rings is 1. The molecule has 2 rings (SSSR count). The highest BCUT2D eigenvalue weighted by Gasteiger charge is 2.19. The maximum Gasteiger partial charge on any atom is 0.340 e. The van der Waals surface area contributed by atoms with Gasteiger partial charge in [-0.15, -0.1) is 0 Å². The van der Waals surface area contributed by atoms with Gasteiger partial charge in [-0.2, -0.15) is 0 Å². The van der Waals surface area contributed by atoms with Gasteiger partial charge in [0, 0.05) is 11.8 Å². The molecule has 0 saturated heterocycles. The van der Waals surface area contributed by atoms with E-state index in [0.717, 1.165) is 0 Å². The molecule has 0 unspecified atom stereocenters. The van der Waals surface area contributed by atoms with E-state index in [0.29, 0.717) is 0 Å². The summed E-state index contributed by atoms with van der Waals surface area (Å²) in [6.45, 7) is 0. The lowest BCUT2D eigenvalue weighted by Crippen LogP contribution is -2.13. The fraction of sp³-hybridized carbons (Fsp3) is 0.0714. The fourth-order valence-corrected chi connectivity index (χ4v) is 1.60. The monoisotopic (exact) mass is 259 g/mol. The van der Waals surface area contributed by atoms with Crippen molar-refractivity contribution >= 4 is 11.8 Å². The van der Waals surface area contributed by atoms with Crippen LogP contribution in [0.4, 0.5) is 4.39 Å². The molecule has 0 spiro atoms. The van der Waals surface area contributed by atoms with Crippen LogP contribution in [-0.2, 0) is 4.74 Å². The quantitative estimate of drug-likeness (QED) is 0.626. The number of ketones is 1. The molecule has 0 aliphatic carbocycles. The number of carbonyl (C=O) groups is 2. The molecule has 0 aliphatic heterocycles. The van der Waals surface area contributed by atoms with Gasteiger partial charge in [0.05, 0.1) is 12.7 Å². The number of halogens is 1. The van der Waals surface area contributed by atoms with Crippen LogP contribution in [0.3, 0.4) is 0 Å². The maximum atomic E-state index is 12.8. The predicted molar refractivity (Wildman–Crippen MR) is 65.4 cm³/mol. The lowest BCUT2D eigenvalue weighted by molar-refractivity contribution is 0.0596. The number of carbonyl (C=O) groups excluding carboxylic acids is 2. The Kier molecular flexibility index (Phi) is 3.66. The second-order valence-electron chi connectivity index (χ2n) is 3.73. The Hall–Kier alpha value is -2.56. The number of hydrogen-bond acceptors (Lipinski definition) is 4. The fourth-order valence-electron chi connectivity index (χ4n) is 1.60. The zero-order valence-corrected chi connectivity index (χ0v) is 10.1. The Labute approximate surface area is 108 Å². The van der Waals surface area contributed by atoms with Crippen molar-refractivity contribution in [3.63, 3.8) is 0 Å². The number of methoxy groups -OCH3 is 1. The van der Waals surface area contributed by atoms with Crippen molar-refractivity contribution in [3.05, 3.63) is 65.2 Å². The number of rotatable bonds is 3. The molecule has 0 saturated carbocycles. The van der Waals surface area contributed by atoms with Crippen LogP contribution in [0.1, 0.15) is 26.4 Å². The van der Waals surface area contributed by atoms with E-state index in [4.69, 9.17) is 0 Å². The molecular weight excluding hydrogens is 249 g/mol. The van der Waals surface area contributed by atoms with Crippen molar-refractivity contribution in [2.24, 2.45) is 0 Å². The van der Waals surface area contributed by atoms with Gasteiger partial charge in [0.2, 0.25) is 5.78 Å². The van der Waals surface area contributed by atoms with Gasteiger partial charge in [-0.1, -0.05) is 0 Å². The SMILES string of the molecule is COC(=O)c1cccnc1C(=O)c1ccc(F)cc1. The third kappa shape index (κ3) is 2.65. The predicted octanol–water partition coefficient (Wildman–Crippen LogP) is 2.24. The molecule has 0 amide bonds. The molecule has 2 aromatic rings.